The van der Waals surface area contributed by atoms with E-state index >= 15 is 0 Å². The molecular formula is C53H35NO. The zero-order valence-electron chi connectivity index (χ0n) is 30.1. The lowest BCUT2D eigenvalue weighted by Crippen LogP contribution is -2.28. The molecule has 2 heteroatoms. The molecule has 0 radical (unpaired) electrons. The number of benzene rings is 9. The maximum absolute atomic E-state index is 6.93. The highest BCUT2D eigenvalue weighted by Gasteiger charge is 2.45. The van der Waals surface area contributed by atoms with Crippen LogP contribution in [0.25, 0.3) is 55.0 Å². The van der Waals surface area contributed by atoms with E-state index in [0.29, 0.717) is 0 Å². The van der Waals surface area contributed by atoms with Crippen LogP contribution in [0.15, 0.2) is 217 Å². The predicted octanol–water partition coefficient (Wildman–Crippen LogP) is 14.2. The molecule has 0 amide bonds. The molecule has 0 aliphatic heterocycles. The SMILES string of the molecule is c1ccc(-c2ccc(N(c3ccc(C4(c5ccccc5)c5ccccc5-c5ccccc54)cc3)c3cccc4c3oc3c5ccccc5ccc43)cc2)cc1. The first kappa shape index (κ1) is 31.4. The largest absolute Gasteiger partial charge is 0.453 e. The van der Waals surface area contributed by atoms with Gasteiger partial charge in [-0.05, 0) is 86.3 Å². The van der Waals surface area contributed by atoms with Crippen LogP contribution in [0, 0.1) is 0 Å². The minimum atomic E-state index is -0.463. The Labute approximate surface area is 320 Å². The quantitative estimate of drug-likeness (QED) is 0.172. The number of furan rings is 1. The van der Waals surface area contributed by atoms with Crippen LogP contribution < -0.4 is 4.90 Å². The number of hydrogen-bond donors (Lipinski definition) is 0. The molecule has 0 unspecified atom stereocenters. The van der Waals surface area contributed by atoms with Crippen LogP contribution in [0.1, 0.15) is 22.3 Å². The molecular weight excluding hydrogens is 667 g/mol. The molecule has 0 bridgehead atoms. The summed E-state index contributed by atoms with van der Waals surface area (Å²) >= 11 is 0. The average Bonchev–Trinajstić information content (AvgIpc) is 3.80. The molecule has 10 aromatic rings. The monoisotopic (exact) mass is 701 g/mol. The second-order valence-electron chi connectivity index (χ2n) is 14.4. The van der Waals surface area contributed by atoms with E-state index in [2.05, 4.69) is 217 Å². The van der Waals surface area contributed by atoms with Crippen molar-refractivity contribution in [3.8, 4) is 22.3 Å². The molecule has 0 atom stereocenters. The van der Waals surface area contributed by atoms with Crippen LogP contribution in [0.5, 0.6) is 0 Å². The van der Waals surface area contributed by atoms with Gasteiger partial charge in [0.1, 0.15) is 5.58 Å². The van der Waals surface area contributed by atoms with E-state index in [0.717, 1.165) is 44.4 Å². The van der Waals surface area contributed by atoms with Gasteiger partial charge in [0.05, 0.1) is 11.1 Å². The fraction of sp³-hybridized carbons (Fsp3) is 0.0189. The zero-order valence-corrected chi connectivity index (χ0v) is 30.1. The standard InChI is InChI=1S/C53H35NO/c1-3-14-36(15-4-1)37-26-31-41(32-27-37)54(50-25-13-22-46-47-35-28-38-16-7-8-19-43(38)51(47)55-52(46)50)42-33-29-40(30-34-42)53(39-17-5-2-6-18-39)48-23-11-9-20-44(48)45-21-10-12-24-49(45)53/h1-35H. The van der Waals surface area contributed by atoms with Gasteiger partial charge in [0.15, 0.2) is 5.58 Å². The van der Waals surface area contributed by atoms with Crippen molar-refractivity contribution < 1.29 is 4.42 Å². The fourth-order valence-electron chi connectivity index (χ4n) is 9.12. The first-order chi connectivity index (χ1) is 27.3. The Hall–Kier alpha value is -7.16. The normalized spacial score (nSPS) is 12.9. The van der Waals surface area contributed by atoms with Crippen LogP contribution in [-0.2, 0) is 5.41 Å². The zero-order chi connectivity index (χ0) is 36.3. The summed E-state index contributed by atoms with van der Waals surface area (Å²) in [6.07, 6.45) is 0. The maximum atomic E-state index is 6.93. The van der Waals surface area contributed by atoms with Gasteiger partial charge in [0.2, 0.25) is 0 Å². The summed E-state index contributed by atoms with van der Waals surface area (Å²) in [5.74, 6) is 0. The minimum Gasteiger partial charge on any atom is -0.453 e. The van der Waals surface area contributed by atoms with Crippen LogP contribution >= 0.6 is 0 Å². The van der Waals surface area contributed by atoms with Gasteiger partial charge in [-0.15, -0.1) is 0 Å². The third-order valence-electron chi connectivity index (χ3n) is 11.6. The van der Waals surface area contributed by atoms with Gasteiger partial charge in [0, 0.05) is 27.5 Å². The lowest BCUT2D eigenvalue weighted by molar-refractivity contribution is 0.673. The highest BCUT2D eigenvalue weighted by molar-refractivity contribution is 6.17. The smallest absolute Gasteiger partial charge is 0.159 e. The topological polar surface area (TPSA) is 16.4 Å². The molecule has 1 aromatic heterocycles. The van der Waals surface area contributed by atoms with E-state index < -0.39 is 5.41 Å². The van der Waals surface area contributed by atoms with Gasteiger partial charge < -0.3 is 9.32 Å². The molecule has 0 N–H and O–H groups in total. The maximum Gasteiger partial charge on any atom is 0.159 e. The van der Waals surface area contributed by atoms with Crippen molar-refractivity contribution in [1.82, 2.24) is 0 Å². The molecule has 1 heterocycles. The lowest BCUT2D eigenvalue weighted by atomic mass is 9.68. The van der Waals surface area contributed by atoms with E-state index in [1.807, 2.05) is 0 Å². The Morgan fingerprint density at radius 3 is 1.58 bits per heavy atom. The Balaban J connectivity index is 1.12. The summed E-state index contributed by atoms with van der Waals surface area (Å²) in [5.41, 5.74) is 14.5. The van der Waals surface area contributed by atoms with E-state index in [1.165, 1.54) is 49.9 Å². The first-order valence-electron chi connectivity index (χ1n) is 18.9. The van der Waals surface area contributed by atoms with Crippen molar-refractivity contribution >= 4 is 49.8 Å². The van der Waals surface area contributed by atoms with Crippen molar-refractivity contribution in [2.24, 2.45) is 0 Å². The Kier molecular flexibility index (Phi) is 7.11. The van der Waals surface area contributed by atoms with Crippen LogP contribution in [0.3, 0.4) is 0 Å². The summed E-state index contributed by atoms with van der Waals surface area (Å²) in [6.45, 7) is 0. The molecule has 258 valence electrons. The summed E-state index contributed by atoms with van der Waals surface area (Å²) in [5, 5.41) is 4.51. The summed E-state index contributed by atoms with van der Waals surface area (Å²) < 4.78 is 6.93. The van der Waals surface area contributed by atoms with Crippen molar-refractivity contribution in [3.05, 3.63) is 235 Å². The third kappa shape index (κ3) is 4.75. The average molecular weight is 702 g/mol. The van der Waals surface area contributed by atoms with Gasteiger partial charge in [-0.2, -0.15) is 0 Å². The Morgan fingerprint density at radius 1 is 0.345 bits per heavy atom. The molecule has 0 saturated carbocycles. The molecule has 11 rings (SSSR count). The second-order valence-corrected chi connectivity index (χ2v) is 14.4. The number of hydrogen-bond acceptors (Lipinski definition) is 2. The number of rotatable bonds is 6. The summed E-state index contributed by atoms with van der Waals surface area (Å²) in [4.78, 5) is 2.34. The number of anilines is 3. The minimum absolute atomic E-state index is 0.463. The van der Waals surface area contributed by atoms with Crippen molar-refractivity contribution in [2.45, 2.75) is 5.41 Å². The number of nitrogens with zero attached hydrogens (tertiary/aromatic N) is 1. The first-order valence-corrected chi connectivity index (χ1v) is 18.9. The number of para-hydroxylation sites is 1. The predicted molar refractivity (Wildman–Crippen MR) is 229 cm³/mol. The van der Waals surface area contributed by atoms with Gasteiger partial charge >= 0.3 is 0 Å². The molecule has 1 aliphatic rings. The summed E-state index contributed by atoms with van der Waals surface area (Å²) in [7, 11) is 0. The van der Waals surface area contributed by atoms with Gasteiger partial charge in [-0.25, -0.2) is 0 Å². The molecule has 9 aromatic carbocycles. The summed E-state index contributed by atoms with van der Waals surface area (Å²) in [6, 6.07) is 76.8. The van der Waals surface area contributed by atoms with E-state index in [4.69, 9.17) is 4.42 Å². The molecule has 2 nitrogen and oxygen atoms in total. The van der Waals surface area contributed by atoms with Crippen LogP contribution in [-0.4, -0.2) is 0 Å². The molecule has 0 spiro atoms. The van der Waals surface area contributed by atoms with Crippen LogP contribution in [0.4, 0.5) is 17.1 Å². The molecule has 0 fully saturated rings. The highest BCUT2D eigenvalue weighted by atomic mass is 16.3. The van der Waals surface area contributed by atoms with Crippen molar-refractivity contribution in [3.63, 3.8) is 0 Å². The molecule has 0 saturated heterocycles. The number of fused-ring (bicyclic) bond motifs is 8. The molecule has 55 heavy (non-hydrogen) atoms. The van der Waals surface area contributed by atoms with Crippen molar-refractivity contribution in [2.75, 3.05) is 4.90 Å². The highest BCUT2D eigenvalue weighted by Crippen LogP contribution is 2.56. The van der Waals surface area contributed by atoms with E-state index in [1.54, 1.807) is 0 Å². The van der Waals surface area contributed by atoms with Gasteiger partial charge in [-0.3, -0.25) is 0 Å². The van der Waals surface area contributed by atoms with E-state index in [-0.39, 0.29) is 0 Å². The Bertz CT molecular complexity index is 2970. The van der Waals surface area contributed by atoms with Gasteiger partial charge in [0.25, 0.3) is 0 Å². The van der Waals surface area contributed by atoms with Crippen molar-refractivity contribution in [1.29, 1.82) is 0 Å². The lowest BCUT2D eigenvalue weighted by Gasteiger charge is -2.34. The fourth-order valence-corrected chi connectivity index (χ4v) is 9.12. The van der Waals surface area contributed by atoms with Crippen LogP contribution in [0.2, 0.25) is 0 Å². The second kappa shape index (κ2) is 12.5. The van der Waals surface area contributed by atoms with E-state index in [9.17, 15) is 0 Å². The van der Waals surface area contributed by atoms with Gasteiger partial charge in [-0.1, -0.05) is 176 Å². The molecule has 1 aliphatic carbocycles. The Morgan fingerprint density at radius 2 is 0.873 bits per heavy atom. The third-order valence-corrected chi connectivity index (χ3v) is 11.6.